The van der Waals surface area contributed by atoms with E-state index in [0.29, 0.717) is 5.92 Å². The van der Waals surface area contributed by atoms with Crippen LogP contribution in [0, 0.1) is 0 Å². The molecule has 0 unspecified atom stereocenters. The van der Waals surface area contributed by atoms with E-state index in [9.17, 15) is 4.79 Å². The highest BCUT2D eigenvalue weighted by molar-refractivity contribution is 7.10. The van der Waals surface area contributed by atoms with Crippen molar-refractivity contribution >= 4 is 23.3 Å². The first-order valence-corrected chi connectivity index (χ1v) is 8.31. The van der Waals surface area contributed by atoms with Gasteiger partial charge in [-0.1, -0.05) is 43.5 Å². The van der Waals surface area contributed by atoms with Gasteiger partial charge in [-0.2, -0.15) is 0 Å². The zero-order valence-corrected chi connectivity index (χ0v) is 13.2. The number of rotatable bonds is 4. The Morgan fingerprint density at radius 1 is 1.27 bits per heavy atom. The SMILES string of the molecule is C=CC(=O)N[C@H]1Cc2ccsc2[C@@H](c2ccccc2C=C)C1. The van der Waals surface area contributed by atoms with E-state index in [1.165, 1.54) is 27.6 Å². The fraction of sp³-hybridized carbons (Fsp3) is 0.211. The van der Waals surface area contributed by atoms with Gasteiger partial charge in [0.1, 0.15) is 0 Å². The third-order valence-electron chi connectivity index (χ3n) is 4.21. The molecule has 2 aromatic rings. The van der Waals surface area contributed by atoms with Crippen molar-refractivity contribution in [3.8, 4) is 0 Å². The van der Waals surface area contributed by atoms with Gasteiger partial charge in [0, 0.05) is 16.8 Å². The largest absolute Gasteiger partial charge is 0.349 e. The minimum absolute atomic E-state index is 0.0977. The third-order valence-corrected chi connectivity index (χ3v) is 5.28. The predicted molar refractivity (Wildman–Crippen MR) is 93.1 cm³/mol. The van der Waals surface area contributed by atoms with Gasteiger partial charge >= 0.3 is 0 Å². The zero-order chi connectivity index (χ0) is 15.5. The van der Waals surface area contributed by atoms with Crippen LogP contribution in [0.5, 0.6) is 0 Å². The first-order valence-electron chi connectivity index (χ1n) is 7.43. The molecule has 0 spiro atoms. The van der Waals surface area contributed by atoms with Crippen LogP contribution in [0.25, 0.3) is 6.08 Å². The van der Waals surface area contributed by atoms with Crippen LogP contribution in [-0.4, -0.2) is 11.9 Å². The number of thiophene rings is 1. The Kier molecular flexibility index (Phi) is 4.25. The Balaban J connectivity index is 1.97. The van der Waals surface area contributed by atoms with Crippen molar-refractivity contribution < 1.29 is 4.79 Å². The summed E-state index contributed by atoms with van der Waals surface area (Å²) in [5.74, 6) is 0.215. The molecule has 1 N–H and O–H groups in total. The molecule has 112 valence electrons. The first-order chi connectivity index (χ1) is 10.7. The van der Waals surface area contributed by atoms with Crippen LogP contribution < -0.4 is 5.32 Å². The molecule has 3 rings (SSSR count). The first kappa shape index (κ1) is 14.8. The number of carbonyl (C=O) groups is 1. The van der Waals surface area contributed by atoms with E-state index in [1.54, 1.807) is 0 Å². The summed E-state index contributed by atoms with van der Waals surface area (Å²) in [5, 5.41) is 5.20. The molecule has 2 atom stereocenters. The summed E-state index contributed by atoms with van der Waals surface area (Å²) in [6.45, 7) is 7.47. The van der Waals surface area contributed by atoms with Crippen LogP contribution in [0.2, 0.25) is 0 Å². The molecule has 0 fully saturated rings. The summed E-state index contributed by atoms with van der Waals surface area (Å²) in [7, 11) is 0. The lowest BCUT2D eigenvalue weighted by atomic mass is 9.80. The maximum Gasteiger partial charge on any atom is 0.243 e. The summed E-state index contributed by atoms with van der Waals surface area (Å²) in [6, 6.07) is 10.7. The van der Waals surface area contributed by atoms with Gasteiger partial charge in [0.05, 0.1) is 0 Å². The highest BCUT2D eigenvalue weighted by Gasteiger charge is 2.30. The van der Waals surface area contributed by atoms with Crippen LogP contribution >= 0.6 is 11.3 Å². The van der Waals surface area contributed by atoms with Gasteiger partial charge < -0.3 is 5.32 Å². The molecular formula is C19H19NOS. The number of carbonyl (C=O) groups excluding carboxylic acids is 1. The molecule has 1 aliphatic rings. The minimum Gasteiger partial charge on any atom is -0.349 e. The van der Waals surface area contributed by atoms with E-state index in [2.05, 4.69) is 48.1 Å². The monoisotopic (exact) mass is 309 g/mol. The van der Waals surface area contributed by atoms with Crippen molar-refractivity contribution in [2.45, 2.75) is 24.8 Å². The number of amides is 1. The highest BCUT2D eigenvalue weighted by atomic mass is 32.1. The normalized spacial score (nSPS) is 20.0. The average molecular weight is 309 g/mol. The Morgan fingerprint density at radius 2 is 2.09 bits per heavy atom. The molecule has 0 radical (unpaired) electrons. The lowest BCUT2D eigenvalue weighted by Gasteiger charge is -2.31. The van der Waals surface area contributed by atoms with E-state index in [1.807, 2.05) is 23.5 Å². The van der Waals surface area contributed by atoms with Gasteiger partial charge in [-0.05, 0) is 47.1 Å². The number of nitrogens with one attached hydrogen (secondary N) is 1. The van der Waals surface area contributed by atoms with Crippen molar-refractivity contribution in [2.24, 2.45) is 0 Å². The topological polar surface area (TPSA) is 29.1 Å². The summed E-state index contributed by atoms with van der Waals surface area (Å²) in [5.41, 5.74) is 3.80. The van der Waals surface area contributed by atoms with E-state index >= 15 is 0 Å². The van der Waals surface area contributed by atoms with E-state index in [-0.39, 0.29) is 11.9 Å². The van der Waals surface area contributed by atoms with Crippen molar-refractivity contribution in [3.05, 3.63) is 76.5 Å². The van der Waals surface area contributed by atoms with Crippen LogP contribution in [0.4, 0.5) is 0 Å². The molecule has 1 heterocycles. The molecule has 1 aromatic carbocycles. The fourth-order valence-electron chi connectivity index (χ4n) is 3.21. The van der Waals surface area contributed by atoms with Gasteiger partial charge in [0.2, 0.25) is 5.91 Å². The molecule has 0 saturated carbocycles. The van der Waals surface area contributed by atoms with E-state index in [4.69, 9.17) is 0 Å². The predicted octanol–water partition coefficient (Wildman–Crippen LogP) is 4.14. The quantitative estimate of drug-likeness (QED) is 0.845. The molecule has 3 heteroatoms. The molecule has 1 aromatic heterocycles. The molecule has 1 amide bonds. The van der Waals surface area contributed by atoms with Gasteiger partial charge in [0.25, 0.3) is 0 Å². The molecule has 0 bridgehead atoms. The minimum atomic E-state index is -0.0977. The molecule has 22 heavy (non-hydrogen) atoms. The molecule has 0 saturated heterocycles. The third kappa shape index (κ3) is 2.77. The summed E-state index contributed by atoms with van der Waals surface area (Å²) in [4.78, 5) is 13.1. The Labute approximate surface area is 135 Å². The second-order valence-corrected chi connectivity index (χ2v) is 6.49. The summed E-state index contributed by atoms with van der Waals surface area (Å²) < 4.78 is 0. The second kappa shape index (κ2) is 6.32. The Bertz CT molecular complexity index is 716. The number of fused-ring (bicyclic) bond motifs is 1. The zero-order valence-electron chi connectivity index (χ0n) is 12.4. The summed E-state index contributed by atoms with van der Waals surface area (Å²) in [6.07, 6.45) is 5.06. The second-order valence-electron chi connectivity index (χ2n) is 5.55. The number of hydrogen-bond donors (Lipinski definition) is 1. The molecular weight excluding hydrogens is 290 g/mol. The van der Waals surface area contributed by atoms with Crippen molar-refractivity contribution in [1.29, 1.82) is 0 Å². The van der Waals surface area contributed by atoms with Crippen molar-refractivity contribution in [1.82, 2.24) is 5.32 Å². The van der Waals surface area contributed by atoms with Crippen LogP contribution in [0.3, 0.4) is 0 Å². The maximum absolute atomic E-state index is 11.7. The average Bonchev–Trinajstić information content (AvgIpc) is 3.02. The van der Waals surface area contributed by atoms with Gasteiger partial charge in [0.15, 0.2) is 0 Å². The van der Waals surface area contributed by atoms with Crippen LogP contribution in [0.15, 0.2) is 54.9 Å². The lowest BCUT2D eigenvalue weighted by molar-refractivity contribution is -0.117. The van der Waals surface area contributed by atoms with Crippen LogP contribution in [-0.2, 0) is 11.2 Å². The van der Waals surface area contributed by atoms with Crippen LogP contribution in [0.1, 0.15) is 33.9 Å². The van der Waals surface area contributed by atoms with E-state index in [0.717, 1.165) is 12.8 Å². The maximum atomic E-state index is 11.7. The van der Waals surface area contributed by atoms with Gasteiger partial charge in [-0.3, -0.25) is 4.79 Å². The lowest BCUT2D eigenvalue weighted by Crippen LogP contribution is -2.39. The van der Waals surface area contributed by atoms with Crippen molar-refractivity contribution in [3.63, 3.8) is 0 Å². The molecule has 2 nitrogen and oxygen atoms in total. The van der Waals surface area contributed by atoms with Crippen molar-refractivity contribution in [2.75, 3.05) is 0 Å². The fourth-order valence-corrected chi connectivity index (χ4v) is 4.28. The van der Waals surface area contributed by atoms with E-state index < -0.39 is 0 Å². The smallest absolute Gasteiger partial charge is 0.243 e. The number of hydrogen-bond acceptors (Lipinski definition) is 2. The van der Waals surface area contributed by atoms with Gasteiger partial charge in [-0.15, -0.1) is 11.3 Å². The summed E-state index contributed by atoms with van der Waals surface area (Å²) >= 11 is 1.81. The standard InChI is InChI=1S/C19H19NOS/c1-3-13-7-5-6-8-16(13)17-12-15(20-18(21)4-2)11-14-9-10-22-19(14)17/h3-10,15,17H,1-2,11-12H2,(H,20,21)/t15-,17+/m0/s1. The van der Waals surface area contributed by atoms with Gasteiger partial charge in [-0.25, -0.2) is 0 Å². The Hall–Kier alpha value is -2.13. The highest BCUT2D eigenvalue weighted by Crippen LogP contribution is 2.41. The molecule has 1 aliphatic carbocycles. The Morgan fingerprint density at radius 3 is 2.86 bits per heavy atom. The molecule has 0 aliphatic heterocycles. The number of benzene rings is 1.